The normalized spacial score (nSPS) is 10.1. The van der Waals surface area contributed by atoms with Gasteiger partial charge in [-0.05, 0) is 56.3 Å². The molecule has 0 aliphatic heterocycles. The number of amides is 1. The van der Waals surface area contributed by atoms with Crippen molar-refractivity contribution in [1.29, 1.82) is 0 Å². The maximum absolute atomic E-state index is 12.5. The zero-order chi connectivity index (χ0) is 20.8. The van der Waals surface area contributed by atoms with Crippen molar-refractivity contribution in [2.45, 2.75) is 13.8 Å². The summed E-state index contributed by atoms with van der Waals surface area (Å²) < 4.78 is 0. The molecule has 0 bridgehead atoms. The highest BCUT2D eigenvalue weighted by Gasteiger charge is 2.12. The van der Waals surface area contributed by atoms with Crippen LogP contribution in [0.2, 0.25) is 0 Å². The Morgan fingerprint density at radius 3 is 2.27 bits per heavy atom. The third-order valence-electron chi connectivity index (χ3n) is 4.50. The number of carbonyl (C=O) groups excluding carboxylic acids is 1. The van der Waals surface area contributed by atoms with Gasteiger partial charge in [0.05, 0.1) is 11.4 Å². The molecule has 0 spiro atoms. The Kier molecular flexibility index (Phi) is 7.83. The average Bonchev–Trinajstić information content (AvgIpc) is 3.21. The van der Waals surface area contributed by atoms with E-state index in [1.807, 2.05) is 36.4 Å². The molecular formula is C21H26ClN7O. The number of benzene rings is 2. The number of rotatable bonds is 7. The smallest absolute Gasteiger partial charge is 0.273 e. The summed E-state index contributed by atoms with van der Waals surface area (Å²) in [6, 6.07) is 16.7. The van der Waals surface area contributed by atoms with Crippen molar-refractivity contribution >= 4 is 41.3 Å². The fraction of sp³-hybridized carbons (Fsp3) is 0.190. The van der Waals surface area contributed by atoms with Gasteiger partial charge in [0.15, 0.2) is 5.96 Å². The van der Waals surface area contributed by atoms with Crippen LogP contribution in [0.25, 0.3) is 11.3 Å². The first-order valence-corrected chi connectivity index (χ1v) is 9.42. The average molecular weight is 428 g/mol. The minimum Gasteiger partial charge on any atom is -0.372 e. The predicted molar refractivity (Wildman–Crippen MR) is 125 cm³/mol. The molecule has 9 heteroatoms. The number of aliphatic imine (C=N–C) groups is 1. The van der Waals surface area contributed by atoms with E-state index >= 15 is 0 Å². The topological polar surface area (TPSA) is 125 Å². The van der Waals surface area contributed by atoms with E-state index < -0.39 is 0 Å². The van der Waals surface area contributed by atoms with Gasteiger partial charge in [0, 0.05) is 30.0 Å². The lowest BCUT2D eigenvalue weighted by molar-refractivity contribution is 0.102. The van der Waals surface area contributed by atoms with Crippen molar-refractivity contribution in [3.63, 3.8) is 0 Å². The van der Waals surface area contributed by atoms with Gasteiger partial charge in [-0.1, -0.05) is 12.1 Å². The minimum absolute atomic E-state index is 0. The lowest BCUT2D eigenvalue weighted by Crippen LogP contribution is -2.21. The molecule has 0 aliphatic carbocycles. The van der Waals surface area contributed by atoms with Crippen LogP contribution in [0.15, 0.2) is 59.6 Å². The molecule has 0 radical (unpaired) electrons. The number of H-pyrrole nitrogens is 1. The molecule has 8 nitrogen and oxygen atoms in total. The maximum Gasteiger partial charge on any atom is 0.273 e. The molecule has 3 rings (SSSR count). The molecule has 6 N–H and O–H groups in total. The summed E-state index contributed by atoms with van der Waals surface area (Å²) in [5.74, 6) is -0.252. The molecule has 0 aliphatic rings. The standard InChI is InChI=1S/C21H25N7O.ClH/c1-3-28(4-2)17-11-9-15(10-12-17)24-20(29)19-13-18(26-27-19)14-5-7-16(8-6-14)25-21(22)23;/h5-13H,3-4H2,1-2H3,(H,24,29)(H,26,27)(H4,22,23,25);1H. The van der Waals surface area contributed by atoms with Crippen LogP contribution < -0.4 is 21.7 Å². The Bertz CT molecular complexity index is 989. The minimum atomic E-state index is -0.253. The van der Waals surface area contributed by atoms with Crippen LogP contribution in [0.5, 0.6) is 0 Å². The van der Waals surface area contributed by atoms with Gasteiger partial charge < -0.3 is 21.7 Å². The second-order valence-corrected chi connectivity index (χ2v) is 6.42. The summed E-state index contributed by atoms with van der Waals surface area (Å²) in [5, 5.41) is 9.88. The van der Waals surface area contributed by atoms with Gasteiger partial charge in [-0.15, -0.1) is 12.4 Å². The quantitative estimate of drug-likeness (QED) is 0.339. The van der Waals surface area contributed by atoms with Gasteiger partial charge in [0.1, 0.15) is 5.69 Å². The van der Waals surface area contributed by atoms with E-state index in [-0.39, 0.29) is 24.3 Å². The number of carbonyl (C=O) groups is 1. The predicted octanol–water partition coefficient (Wildman–Crippen LogP) is 3.50. The van der Waals surface area contributed by atoms with E-state index in [9.17, 15) is 4.79 Å². The van der Waals surface area contributed by atoms with Crippen molar-refractivity contribution in [3.8, 4) is 11.3 Å². The van der Waals surface area contributed by atoms with Gasteiger partial charge in [-0.2, -0.15) is 5.10 Å². The van der Waals surface area contributed by atoms with E-state index in [0.717, 1.165) is 30.0 Å². The summed E-state index contributed by atoms with van der Waals surface area (Å²) in [5.41, 5.74) is 15.1. The van der Waals surface area contributed by atoms with E-state index in [1.54, 1.807) is 18.2 Å². The lowest BCUT2D eigenvalue weighted by atomic mass is 10.1. The molecule has 0 atom stereocenters. The summed E-state index contributed by atoms with van der Waals surface area (Å²) in [6.07, 6.45) is 0. The molecule has 0 saturated heterocycles. The van der Waals surface area contributed by atoms with Crippen molar-refractivity contribution in [2.75, 3.05) is 23.3 Å². The molecule has 0 unspecified atom stereocenters. The Labute approximate surface area is 181 Å². The highest BCUT2D eigenvalue weighted by atomic mass is 35.5. The molecule has 0 fully saturated rings. The van der Waals surface area contributed by atoms with Gasteiger partial charge in [0.2, 0.25) is 0 Å². The number of guanidine groups is 1. The number of halogens is 1. The number of hydrogen-bond acceptors (Lipinski definition) is 4. The SMILES string of the molecule is CCN(CC)c1ccc(NC(=O)c2cc(-c3ccc(N=C(N)N)cc3)n[nH]2)cc1.Cl. The zero-order valence-electron chi connectivity index (χ0n) is 16.9. The Balaban J connectivity index is 0.00000320. The largest absolute Gasteiger partial charge is 0.372 e. The molecule has 0 saturated carbocycles. The first-order valence-electron chi connectivity index (χ1n) is 9.42. The summed E-state index contributed by atoms with van der Waals surface area (Å²) in [7, 11) is 0. The molecule has 158 valence electrons. The first-order chi connectivity index (χ1) is 14.0. The molecule has 1 amide bonds. The lowest BCUT2D eigenvalue weighted by Gasteiger charge is -2.21. The van der Waals surface area contributed by atoms with E-state index in [0.29, 0.717) is 17.1 Å². The number of nitrogens with two attached hydrogens (primary N) is 2. The molecular weight excluding hydrogens is 402 g/mol. The molecule has 3 aromatic rings. The third-order valence-corrected chi connectivity index (χ3v) is 4.50. The maximum atomic E-state index is 12.5. The van der Waals surface area contributed by atoms with Crippen LogP contribution in [0.4, 0.5) is 17.1 Å². The first kappa shape index (κ1) is 22.8. The number of anilines is 2. The third kappa shape index (κ3) is 5.51. The van der Waals surface area contributed by atoms with Crippen LogP contribution in [0.1, 0.15) is 24.3 Å². The van der Waals surface area contributed by atoms with Crippen LogP contribution in [0, 0.1) is 0 Å². The van der Waals surface area contributed by atoms with Gasteiger partial charge in [-0.3, -0.25) is 9.89 Å². The molecule has 1 heterocycles. The molecule has 2 aromatic carbocycles. The Hall–Kier alpha value is -3.52. The van der Waals surface area contributed by atoms with Gasteiger partial charge in [-0.25, -0.2) is 4.99 Å². The number of nitrogens with zero attached hydrogens (tertiary/aromatic N) is 3. The van der Waals surface area contributed by atoms with E-state index in [1.165, 1.54) is 0 Å². The highest BCUT2D eigenvalue weighted by Crippen LogP contribution is 2.22. The number of aromatic nitrogens is 2. The van der Waals surface area contributed by atoms with E-state index in [4.69, 9.17) is 11.5 Å². The highest BCUT2D eigenvalue weighted by molar-refractivity contribution is 6.03. The summed E-state index contributed by atoms with van der Waals surface area (Å²) in [4.78, 5) is 18.7. The number of hydrogen-bond donors (Lipinski definition) is 4. The Morgan fingerprint density at radius 1 is 1.07 bits per heavy atom. The van der Waals surface area contributed by atoms with Crippen molar-refractivity contribution in [1.82, 2.24) is 10.2 Å². The monoisotopic (exact) mass is 427 g/mol. The Morgan fingerprint density at radius 2 is 1.70 bits per heavy atom. The fourth-order valence-electron chi connectivity index (χ4n) is 2.98. The number of nitrogens with one attached hydrogen (secondary N) is 2. The van der Waals surface area contributed by atoms with Crippen LogP contribution in [-0.2, 0) is 0 Å². The van der Waals surface area contributed by atoms with Crippen molar-refractivity contribution in [3.05, 3.63) is 60.3 Å². The second kappa shape index (κ2) is 10.3. The number of aromatic amines is 1. The fourth-order valence-corrected chi connectivity index (χ4v) is 2.98. The van der Waals surface area contributed by atoms with Crippen LogP contribution >= 0.6 is 12.4 Å². The van der Waals surface area contributed by atoms with Crippen LogP contribution in [0.3, 0.4) is 0 Å². The van der Waals surface area contributed by atoms with Crippen LogP contribution in [-0.4, -0.2) is 35.2 Å². The van der Waals surface area contributed by atoms with Gasteiger partial charge >= 0.3 is 0 Å². The zero-order valence-corrected chi connectivity index (χ0v) is 17.7. The van der Waals surface area contributed by atoms with Gasteiger partial charge in [0.25, 0.3) is 5.91 Å². The van der Waals surface area contributed by atoms with E-state index in [2.05, 4.69) is 39.3 Å². The molecule has 1 aromatic heterocycles. The summed E-state index contributed by atoms with van der Waals surface area (Å²) >= 11 is 0. The van der Waals surface area contributed by atoms with Crippen molar-refractivity contribution < 1.29 is 4.79 Å². The molecule has 30 heavy (non-hydrogen) atoms. The van der Waals surface area contributed by atoms with Crippen molar-refractivity contribution in [2.24, 2.45) is 16.5 Å². The summed E-state index contributed by atoms with van der Waals surface area (Å²) in [6.45, 7) is 6.10. The second-order valence-electron chi connectivity index (χ2n) is 6.42.